The highest BCUT2D eigenvalue weighted by Crippen LogP contribution is 2.14. The van der Waals surface area contributed by atoms with Crippen LogP contribution in [0.1, 0.15) is 27.7 Å². The fraction of sp³-hybridized carbons (Fsp3) is 0.786. The summed E-state index contributed by atoms with van der Waals surface area (Å²) < 4.78 is 9.89. The first-order valence-corrected chi connectivity index (χ1v) is 6.96. The van der Waals surface area contributed by atoms with E-state index in [4.69, 9.17) is 4.74 Å². The molecule has 0 aliphatic carbocycles. The third-order valence-electron chi connectivity index (χ3n) is 3.24. The zero-order valence-corrected chi connectivity index (χ0v) is 13.3. The molecule has 0 aromatic heterocycles. The second-order valence-corrected chi connectivity index (χ2v) is 6.11. The summed E-state index contributed by atoms with van der Waals surface area (Å²) in [5.41, 5.74) is -0.561. The lowest BCUT2D eigenvalue weighted by Crippen LogP contribution is -2.55. The molecule has 1 fully saturated rings. The molecule has 1 rings (SSSR count). The molecule has 7 nitrogen and oxygen atoms in total. The Bertz CT molecular complexity index is 416. The summed E-state index contributed by atoms with van der Waals surface area (Å²) >= 11 is 0. The normalized spacial score (nSPS) is 20.6. The third-order valence-corrected chi connectivity index (χ3v) is 3.24. The average molecular weight is 300 g/mol. The minimum absolute atomic E-state index is 0.140. The van der Waals surface area contributed by atoms with E-state index in [0.29, 0.717) is 6.54 Å². The Hall–Kier alpha value is -1.63. The Kier molecular flexibility index (Phi) is 5.71. The monoisotopic (exact) mass is 300 g/mol. The molecule has 1 N–H and O–H groups in total. The molecule has 2 atom stereocenters. The van der Waals surface area contributed by atoms with Crippen LogP contribution in [-0.4, -0.2) is 61.6 Å². The van der Waals surface area contributed by atoms with Gasteiger partial charge in [0, 0.05) is 12.0 Å². The van der Waals surface area contributed by atoms with Crippen molar-refractivity contribution in [2.75, 3.05) is 26.8 Å². The zero-order valence-electron chi connectivity index (χ0n) is 13.3. The molecule has 0 spiro atoms. The zero-order chi connectivity index (χ0) is 16.2. The Labute approximate surface area is 124 Å². The van der Waals surface area contributed by atoms with Gasteiger partial charge in [0.2, 0.25) is 11.8 Å². The topological polar surface area (TPSA) is 84.9 Å². The van der Waals surface area contributed by atoms with Crippen molar-refractivity contribution in [3.8, 4) is 0 Å². The number of methoxy groups -OCH3 is 1. The summed E-state index contributed by atoms with van der Waals surface area (Å²) in [7, 11) is 1.28. The molecule has 21 heavy (non-hydrogen) atoms. The first kappa shape index (κ1) is 17.4. The molecule has 1 saturated heterocycles. The minimum Gasteiger partial charge on any atom is -0.467 e. The average Bonchev–Trinajstić information content (AvgIpc) is 2.44. The lowest BCUT2D eigenvalue weighted by molar-refractivity contribution is -0.163. The molecule has 120 valence electrons. The van der Waals surface area contributed by atoms with Gasteiger partial charge < -0.3 is 19.7 Å². The Morgan fingerprint density at radius 2 is 1.95 bits per heavy atom. The second kappa shape index (κ2) is 6.89. The number of carbonyl (C=O) groups excluding carboxylic acids is 3. The maximum atomic E-state index is 12.3. The number of hydrogen-bond acceptors (Lipinski definition) is 5. The van der Waals surface area contributed by atoms with Gasteiger partial charge >= 0.3 is 5.97 Å². The maximum Gasteiger partial charge on any atom is 0.336 e. The van der Waals surface area contributed by atoms with Gasteiger partial charge in [0.1, 0.15) is 6.04 Å². The quantitative estimate of drug-likeness (QED) is 0.738. The van der Waals surface area contributed by atoms with Crippen LogP contribution in [0.15, 0.2) is 0 Å². The fourth-order valence-electron chi connectivity index (χ4n) is 1.87. The van der Waals surface area contributed by atoms with E-state index in [2.05, 4.69) is 10.1 Å². The van der Waals surface area contributed by atoms with E-state index in [-0.39, 0.29) is 25.0 Å². The number of nitrogens with zero attached hydrogens (tertiary/aromatic N) is 1. The van der Waals surface area contributed by atoms with Crippen LogP contribution in [0.2, 0.25) is 0 Å². The Morgan fingerprint density at radius 3 is 2.48 bits per heavy atom. The Balaban J connectivity index is 2.61. The summed E-state index contributed by atoms with van der Waals surface area (Å²) in [4.78, 5) is 37.2. The number of carbonyl (C=O) groups is 3. The standard InChI is InChI=1S/C14H24N2O5/c1-9(15-13(19)14(2,3)4)11(17)16-6-7-21-10(8-16)12(18)20-5/h9-10H,6-8H2,1-5H3,(H,15,19). The minimum atomic E-state index is -0.766. The van der Waals surface area contributed by atoms with Gasteiger partial charge in [0.25, 0.3) is 0 Å². The smallest absolute Gasteiger partial charge is 0.336 e. The van der Waals surface area contributed by atoms with Gasteiger partial charge in [-0.2, -0.15) is 0 Å². The molecule has 0 aromatic rings. The highest BCUT2D eigenvalue weighted by molar-refractivity contribution is 5.89. The number of morpholine rings is 1. The maximum absolute atomic E-state index is 12.3. The van der Waals surface area contributed by atoms with Crippen LogP contribution < -0.4 is 5.32 Å². The number of hydrogen-bond donors (Lipinski definition) is 1. The van der Waals surface area contributed by atoms with E-state index in [1.165, 1.54) is 12.0 Å². The van der Waals surface area contributed by atoms with Crippen molar-refractivity contribution >= 4 is 17.8 Å². The van der Waals surface area contributed by atoms with Gasteiger partial charge in [0.05, 0.1) is 20.3 Å². The highest BCUT2D eigenvalue weighted by atomic mass is 16.6. The van der Waals surface area contributed by atoms with Crippen LogP contribution in [-0.2, 0) is 23.9 Å². The SMILES string of the molecule is COC(=O)C1CN(C(=O)C(C)NC(=O)C(C)(C)C)CCO1. The van der Waals surface area contributed by atoms with Crippen molar-refractivity contribution in [2.24, 2.45) is 5.41 Å². The first-order chi connectivity index (χ1) is 9.66. The molecule has 7 heteroatoms. The van der Waals surface area contributed by atoms with Gasteiger partial charge in [-0.3, -0.25) is 9.59 Å². The molecule has 2 amide bonds. The van der Waals surface area contributed by atoms with Crippen LogP contribution in [0.4, 0.5) is 0 Å². The van der Waals surface area contributed by atoms with Crippen molar-refractivity contribution in [1.82, 2.24) is 10.2 Å². The van der Waals surface area contributed by atoms with E-state index in [1.807, 2.05) is 0 Å². The van der Waals surface area contributed by atoms with Crippen molar-refractivity contribution in [3.63, 3.8) is 0 Å². The lowest BCUT2D eigenvalue weighted by atomic mass is 9.95. The summed E-state index contributed by atoms with van der Waals surface area (Å²) in [6, 6.07) is -0.645. The number of esters is 1. The molecular formula is C14H24N2O5. The molecule has 0 radical (unpaired) electrons. The van der Waals surface area contributed by atoms with Gasteiger partial charge in [0.15, 0.2) is 6.10 Å². The molecule has 2 unspecified atom stereocenters. The number of rotatable bonds is 3. The second-order valence-electron chi connectivity index (χ2n) is 6.11. The van der Waals surface area contributed by atoms with E-state index >= 15 is 0 Å². The summed E-state index contributed by atoms with van der Waals surface area (Å²) in [6.07, 6.45) is -0.766. The van der Waals surface area contributed by atoms with Crippen LogP contribution in [0.25, 0.3) is 0 Å². The molecule has 0 bridgehead atoms. The van der Waals surface area contributed by atoms with Crippen molar-refractivity contribution < 1.29 is 23.9 Å². The predicted molar refractivity (Wildman–Crippen MR) is 75.4 cm³/mol. The van der Waals surface area contributed by atoms with Crippen LogP contribution in [0.5, 0.6) is 0 Å². The predicted octanol–water partition coefficient (Wildman–Crippen LogP) is -0.0624. The number of nitrogens with one attached hydrogen (secondary N) is 1. The van der Waals surface area contributed by atoms with Gasteiger partial charge in [-0.15, -0.1) is 0 Å². The van der Waals surface area contributed by atoms with Crippen molar-refractivity contribution in [2.45, 2.75) is 39.8 Å². The van der Waals surface area contributed by atoms with Crippen molar-refractivity contribution in [3.05, 3.63) is 0 Å². The number of ether oxygens (including phenoxy) is 2. The fourth-order valence-corrected chi connectivity index (χ4v) is 1.87. The van der Waals surface area contributed by atoms with Crippen LogP contribution in [0, 0.1) is 5.41 Å². The molecule has 0 saturated carbocycles. The Morgan fingerprint density at radius 1 is 1.33 bits per heavy atom. The highest BCUT2D eigenvalue weighted by Gasteiger charge is 2.33. The summed E-state index contributed by atoms with van der Waals surface area (Å²) in [5.74, 6) is -0.926. The molecule has 1 aliphatic heterocycles. The summed E-state index contributed by atoms with van der Waals surface area (Å²) in [6.45, 7) is 7.77. The third kappa shape index (κ3) is 4.70. The van der Waals surface area contributed by atoms with E-state index < -0.39 is 23.5 Å². The van der Waals surface area contributed by atoms with E-state index in [9.17, 15) is 14.4 Å². The van der Waals surface area contributed by atoms with Gasteiger partial charge in [-0.05, 0) is 6.92 Å². The lowest BCUT2D eigenvalue weighted by Gasteiger charge is -2.33. The van der Waals surface area contributed by atoms with Gasteiger partial charge in [-0.25, -0.2) is 4.79 Å². The van der Waals surface area contributed by atoms with Crippen LogP contribution in [0.3, 0.4) is 0 Å². The number of amides is 2. The van der Waals surface area contributed by atoms with E-state index in [0.717, 1.165) is 0 Å². The first-order valence-electron chi connectivity index (χ1n) is 6.96. The van der Waals surface area contributed by atoms with Crippen molar-refractivity contribution in [1.29, 1.82) is 0 Å². The van der Waals surface area contributed by atoms with Crippen LogP contribution >= 0.6 is 0 Å². The summed E-state index contributed by atoms with van der Waals surface area (Å²) in [5, 5.41) is 2.69. The molecule has 0 aromatic carbocycles. The van der Waals surface area contributed by atoms with Gasteiger partial charge in [-0.1, -0.05) is 20.8 Å². The largest absolute Gasteiger partial charge is 0.467 e. The van der Waals surface area contributed by atoms with E-state index in [1.54, 1.807) is 27.7 Å². The molecule has 1 heterocycles. The molecular weight excluding hydrogens is 276 g/mol. The molecule has 1 aliphatic rings.